The summed E-state index contributed by atoms with van der Waals surface area (Å²) in [5, 5.41) is 0. The van der Waals surface area contributed by atoms with Crippen LogP contribution in [0.25, 0.3) is 11.1 Å². The van der Waals surface area contributed by atoms with Crippen molar-refractivity contribution in [2.24, 2.45) is 5.92 Å². The second kappa shape index (κ2) is 6.04. The number of nitrogens with zero attached hydrogens (tertiary/aromatic N) is 1. The molecule has 0 bridgehead atoms. The fraction of sp³-hybridized carbons (Fsp3) is 0.474. The van der Waals surface area contributed by atoms with Gasteiger partial charge >= 0.3 is 0 Å². The predicted octanol–water partition coefficient (Wildman–Crippen LogP) is 6.45. The van der Waals surface area contributed by atoms with Crippen molar-refractivity contribution in [3.63, 3.8) is 0 Å². The second-order valence-corrected chi connectivity index (χ2v) is 9.97. The molecular weight excluding hydrogens is 354 g/mol. The van der Waals surface area contributed by atoms with E-state index in [1.54, 1.807) is 20.7 Å². The number of rotatable bonds is 2. The molecule has 2 nitrogen and oxygen atoms in total. The Morgan fingerprint density at radius 2 is 1.88 bits per heavy atom. The fourth-order valence-electron chi connectivity index (χ4n) is 3.27. The monoisotopic (exact) mass is 377 g/mol. The van der Waals surface area contributed by atoms with E-state index in [0.29, 0.717) is 0 Å². The van der Waals surface area contributed by atoms with Crippen molar-refractivity contribution in [3.8, 4) is 11.1 Å². The summed E-state index contributed by atoms with van der Waals surface area (Å²) in [6.07, 6.45) is 0.845. The molecule has 0 N–H and O–H groups in total. The zero-order valence-corrected chi connectivity index (χ0v) is 17.5. The van der Waals surface area contributed by atoms with Crippen molar-refractivity contribution in [2.75, 3.05) is 4.90 Å². The third-order valence-corrected chi connectivity index (χ3v) is 8.45. The van der Waals surface area contributed by atoms with Gasteiger partial charge in [0.2, 0.25) is 5.91 Å². The highest BCUT2D eigenvalue weighted by Crippen LogP contribution is 2.53. The van der Waals surface area contributed by atoms with E-state index in [4.69, 9.17) is 12.2 Å². The molecule has 0 saturated carbocycles. The third kappa shape index (κ3) is 2.49. The van der Waals surface area contributed by atoms with Crippen LogP contribution >= 0.6 is 32.9 Å². The van der Waals surface area contributed by atoms with E-state index in [1.165, 1.54) is 16.0 Å². The van der Waals surface area contributed by atoms with Crippen molar-refractivity contribution in [3.05, 3.63) is 32.0 Å². The number of carbonyl (C=O) groups is 1. The third-order valence-electron chi connectivity index (χ3n) is 5.12. The lowest BCUT2D eigenvalue weighted by Crippen LogP contribution is -2.49. The highest BCUT2D eigenvalue weighted by molar-refractivity contribution is 7.80. The summed E-state index contributed by atoms with van der Waals surface area (Å²) in [6.45, 7) is 12.6. The molecular formula is C19H23NOS3. The summed E-state index contributed by atoms with van der Waals surface area (Å²) in [5.74, 6) is 0.203. The molecule has 0 saturated heterocycles. The molecule has 1 unspecified atom stereocenters. The first-order valence-electron chi connectivity index (χ1n) is 8.29. The number of benzene rings is 1. The zero-order valence-electron chi connectivity index (χ0n) is 15.0. The lowest BCUT2D eigenvalue weighted by Gasteiger charge is -2.44. The van der Waals surface area contributed by atoms with Crippen LogP contribution in [0.1, 0.15) is 50.1 Å². The molecule has 2 heterocycles. The van der Waals surface area contributed by atoms with Gasteiger partial charge in [-0.25, -0.2) is 0 Å². The first-order valence-corrected chi connectivity index (χ1v) is 10.8. The Labute approximate surface area is 156 Å². The van der Waals surface area contributed by atoms with Crippen LogP contribution in [0.2, 0.25) is 0 Å². The maximum Gasteiger partial charge on any atom is 0.230 e. The second-order valence-electron chi connectivity index (χ2n) is 7.15. The Morgan fingerprint density at radius 1 is 1.25 bits per heavy atom. The number of amides is 1. The van der Waals surface area contributed by atoms with Crippen LogP contribution in [0.5, 0.6) is 0 Å². The van der Waals surface area contributed by atoms with E-state index < -0.39 is 0 Å². The van der Waals surface area contributed by atoms with Gasteiger partial charge < -0.3 is 4.90 Å². The van der Waals surface area contributed by atoms with Gasteiger partial charge in [0.15, 0.2) is 0 Å². The first-order chi connectivity index (χ1) is 11.2. The topological polar surface area (TPSA) is 20.3 Å². The number of fused-ring (bicyclic) bond motifs is 3. The molecule has 0 spiro atoms. The molecule has 1 aromatic carbocycles. The number of aryl methyl sites for hydroxylation is 2. The Kier molecular flexibility index (Phi) is 4.47. The number of anilines is 1. The summed E-state index contributed by atoms with van der Waals surface area (Å²) in [7, 11) is 3.36. The van der Waals surface area contributed by atoms with Gasteiger partial charge in [0.05, 0.1) is 16.1 Å². The van der Waals surface area contributed by atoms with Gasteiger partial charge in [0.1, 0.15) is 3.82 Å². The summed E-state index contributed by atoms with van der Waals surface area (Å²) >= 11 is 5.63. The first kappa shape index (κ1) is 17.8. The Bertz CT molecular complexity index is 875. The minimum atomic E-state index is -0.372. The largest absolute Gasteiger partial charge is 0.301 e. The van der Waals surface area contributed by atoms with Gasteiger partial charge in [-0.05, 0) is 57.4 Å². The van der Waals surface area contributed by atoms with Crippen molar-refractivity contribution in [1.29, 1.82) is 0 Å². The van der Waals surface area contributed by atoms with E-state index in [1.807, 2.05) is 11.8 Å². The molecule has 0 fully saturated rings. The quantitative estimate of drug-likeness (QED) is 0.443. The highest BCUT2D eigenvalue weighted by atomic mass is 32.9. The van der Waals surface area contributed by atoms with Crippen LogP contribution in [-0.2, 0) is 10.3 Å². The van der Waals surface area contributed by atoms with E-state index >= 15 is 0 Å². The van der Waals surface area contributed by atoms with Crippen LogP contribution in [0.4, 0.5) is 5.69 Å². The molecule has 1 aliphatic rings. The Hall–Kier alpha value is -1.04. The van der Waals surface area contributed by atoms with Crippen molar-refractivity contribution >= 4 is 44.5 Å². The van der Waals surface area contributed by atoms with Crippen molar-refractivity contribution < 1.29 is 4.79 Å². The highest BCUT2D eigenvalue weighted by Gasteiger charge is 2.43. The normalized spacial score (nSPS) is 16.5. The summed E-state index contributed by atoms with van der Waals surface area (Å²) < 4.78 is 0.934. The molecule has 24 heavy (non-hydrogen) atoms. The Balaban J connectivity index is 2.36. The smallest absolute Gasteiger partial charge is 0.230 e. The fourth-order valence-corrected chi connectivity index (χ4v) is 6.55. The van der Waals surface area contributed by atoms with E-state index in [0.717, 1.165) is 27.1 Å². The molecule has 0 aliphatic carbocycles. The predicted molar refractivity (Wildman–Crippen MR) is 108 cm³/mol. The number of carbonyl (C=O) groups excluding carboxylic acids is 1. The summed E-state index contributed by atoms with van der Waals surface area (Å²) in [4.78, 5) is 16.5. The molecule has 3 rings (SSSR count). The lowest BCUT2D eigenvalue weighted by molar-refractivity contribution is -0.123. The zero-order chi connectivity index (χ0) is 17.8. The van der Waals surface area contributed by atoms with Crippen LogP contribution in [0.3, 0.4) is 0 Å². The van der Waals surface area contributed by atoms with Crippen LogP contribution in [0, 0.1) is 23.6 Å². The minimum Gasteiger partial charge on any atom is -0.301 e. The molecule has 128 valence electrons. The maximum atomic E-state index is 13.2. The summed E-state index contributed by atoms with van der Waals surface area (Å²) in [5.41, 5.74) is 5.36. The molecule has 1 aromatic heterocycles. The van der Waals surface area contributed by atoms with Gasteiger partial charge in [-0.2, -0.15) is 0 Å². The van der Waals surface area contributed by atoms with Crippen molar-refractivity contribution in [1.82, 2.24) is 0 Å². The lowest BCUT2D eigenvalue weighted by atomic mass is 9.85. The van der Waals surface area contributed by atoms with Crippen LogP contribution in [0.15, 0.2) is 12.1 Å². The van der Waals surface area contributed by atoms with E-state index in [9.17, 15) is 4.79 Å². The molecule has 1 amide bonds. The van der Waals surface area contributed by atoms with E-state index in [-0.39, 0.29) is 17.4 Å². The number of hydrogen-bond donors (Lipinski definition) is 0. The van der Waals surface area contributed by atoms with Crippen LogP contribution < -0.4 is 4.90 Å². The molecule has 2 aromatic rings. The standard InChI is InChI=1S/C19H23NOS3/c1-7-10(2)17(21)20-14-9-12(4)11(3)8-13(14)15-16(19(20,5)6)23-24-18(15)22/h8-10H,7H2,1-6H3. The van der Waals surface area contributed by atoms with Crippen molar-refractivity contribution in [2.45, 2.75) is 53.5 Å². The van der Waals surface area contributed by atoms with E-state index in [2.05, 4.69) is 46.8 Å². The molecule has 1 atom stereocenters. The average molecular weight is 378 g/mol. The average Bonchev–Trinajstić information content (AvgIpc) is 2.91. The van der Waals surface area contributed by atoms with Gasteiger partial charge in [0, 0.05) is 17.0 Å². The Morgan fingerprint density at radius 3 is 2.50 bits per heavy atom. The maximum absolute atomic E-state index is 13.2. The van der Waals surface area contributed by atoms with Gasteiger partial charge in [-0.3, -0.25) is 4.79 Å². The molecule has 0 radical (unpaired) electrons. The summed E-state index contributed by atoms with van der Waals surface area (Å²) in [6, 6.07) is 4.36. The SMILES string of the molecule is CCC(C)C(=O)N1c2cc(C)c(C)cc2-c2c(ssc2=S)C1(C)C. The number of hydrogen-bond acceptors (Lipinski definition) is 4. The van der Waals surface area contributed by atoms with Gasteiger partial charge in [0.25, 0.3) is 0 Å². The minimum absolute atomic E-state index is 0.00638. The van der Waals surface area contributed by atoms with Gasteiger partial charge in [-0.1, -0.05) is 46.7 Å². The van der Waals surface area contributed by atoms with Gasteiger partial charge in [-0.15, -0.1) is 0 Å². The van der Waals surface area contributed by atoms with Crippen LogP contribution in [-0.4, -0.2) is 5.91 Å². The molecule has 1 aliphatic heterocycles. The molecule has 5 heteroatoms.